The highest BCUT2D eigenvalue weighted by Gasteiger charge is 2.21. The number of carbonyl (C=O) groups is 1. The van der Waals surface area contributed by atoms with Crippen molar-refractivity contribution in [3.63, 3.8) is 0 Å². The lowest BCUT2D eigenvalue weighted by Gasteiger charge is -2.12. The van der Waals surface area contributed by atoms with Gasteiger partial charge >= 0.3 is 5.97 Å². The van der Waals surface area contributed by atoms with E-state index in [0.29, 0.717) is 0 Å². The fourth-order valence-electron chi connectivity index (χ4n) is 1.45. The summed E-state index contributed by atoms with van der Waals surface area (Å²) in [5, 5.41) is 0. The maximum Gasteiger partial charge on any atom is 0.311 e. The van der Waals surface area contributed by atoms with Crippen LogP contribution in [-0.2, 0) is 22.5 Å². The van der Waals surface area contributed by atoms with Crippen LogP contribution in [0.4, 0.5) is 8.78 Å². The number of pyridine rings is 1. The molecule has 1 aromatic heterocycles. The van der Waals surface area contributed by atoms with Gasteiger partial charge in [-0.15, -0.1) is 0 Å². The van der Waals surface area contributed by atoms with Gasteiger partial charge in [0.2, 0.25) is 0 Å². The smallest absolute Gasteiger partial charge is 0.311 e. The Labute approximate surface area is 112 Å². The maximum atomic E-state index is 12.9. The molecule has 100 valence electrons. The van der Waals surface area contributed by atoms with E-state index in [1.54, 1.807) is 6.92 Å². The van der Waals surface area contributed by atoms with Crippen LogP contribution < -0.4 is 5.73 Å². The van der Waals surface area contributed by atoms with Crippen LogP contribution in [0.3, 0.4) is 0 Å². The molecule has 0 spiro atoms. The fraction of sp³-hybridized carbons (Fsp3) is 0.455. The van der Waals surface area contributed by atoms with Crippen molar-refractivity contribution in [3.05, 3.63) is 27.5 Å². The third-order valence-electron chi connectivity index (χ3n) is 2.27. The Morgan fingerprint density at radius 3 is 2.78 bits per heavy atom. The zero-order chi connectivity index (χ0) is 13.7. The lowest BCUT2D eigenvalue weighted by molar-refractivity contribution is -0.142. The van der Waals surface area contributed by atoms with Gasteiger partial charge in [0.25, 0.3) is 6.43 Å². The molecule has 1 heterocycles. The first-order chi connectivity index (χ1) is 8.51. The molecule has 0 bridgehead atoms. The number of rotatable bonds is 5. The normalized spacial score (nSPS) is 10.8. The second-order valence-corrected chi connectivity index (χ2v) is 4.24. The summed E-state index contributed by atoms with van der Waals surface area (Å²) >= 11 is 3.05. The highest BCUT2D eigenvalue weighted by Crippen LogP contribution is 2.32. The van der Waals surface area contributed by atoms with Gasteiger partial charge in [-0.3, -0.25) is 9.78 Å². The lowest BCUT2D eigenvalue weighted by atomic mass is 10.1. The van der Waals surface area contributed by atoms with Gasteiger partial charge in [0.1, 0.15) is 0 Å². The molecule has 0 radical (unpaired) electrons. The van der Waals surface area contributed by atoms with E-state index < -0.39 is 12.4 Å². The van der Waals surface area contributed by atoms with Gasteiger partial charge in [-0.25, -0.2) is 8.78 Å². The predicted molar refractivity (Wildman–Crippen MR) is 65.1 cm³/mol. The van der Waals surface area contributed by atoms with Gasteiger partial charge in [0.05, 0.1) is 18.7 Å². The van der Waals surface area contributed by atoms with E-state index in [9.17, 15) is 13.6 Å². The van der Waals surface area contributed by atoms with Crippen molar-refractivity contribution < 1.29 is 18.3 Å². The molecule has 0 unspecified atom stereocenters. The minimum absolute atomic E-state index is 0.0367. The molecule has 4 nitrogen and oxygen atoms in total. The average Bonchev–Trinajstić information content (AvgIpc) is 2.31. The molecule has 1 rings (SSSR count). The highest BCUT2D eigenvalue weighted by molar-refractivity contribution is 9.10. The molecule has 0 amide bonds. The van der Waals surface area contributed by atoms with Crippen LogP contribution in [0, 0.1) is 0 Å². The summed E-state index contributed by atoms with van der Waals surface area (Å²) in [6.45, 7) is 1.87. The maximum absolute atomic E-state index is 12.9. The van der Waals surface area contributed by atoms with Crippen LogP contribution in [-0.4, -0.2) is 17.6 Å². The molecule has 0 saturated heterocycles. The van der Waals surface area contributed by atoms with Crippen LogP contribution in [0.2, 0.25) is 0 Å². The average molecular weight is 323 g/mol. The number of nitrogens with two attached hydrogens (primary N) is 1. The summed E-state index contributed by atoms with van der Waals surface area (Å²) in [7, 11) is 0. The molecular weight excluding hydrogens is 310 g/mol. The van der Waals surface area contributed by atoms with Gasteiger partial charge in [-0.05, 0) is 28.4 Å². The molecule has 18 heavy (non-hydrogen) atoms. The molecule has 0 aliphatic rings. The van der Waals surface area contributed by atoms with E-state index in [0.717, 1.165) is 0 Å². The Balaban J connectivity index is 3.08. The van der Waals surface area contributed by atoms with Gasteiger partial charge in [-0.1, -0.05) is 0 Å². The molecule has 7 heteroatoms. The van der Waals surface area contributed by atoms with E-state index in [2.05, 4.69) is 20.9 Å². The minimum atomic E-state index is -2.68. The second kappa shape index (κ2) is 6.75. The van der Waals surface area contributed by atoms with Crippen LogP contribution in [0.1, 0.15) is 30.2 Å². The van der Waals surface area contributed by atoms with Gasteiger partial charge in [-0.2, -0.15) is 0 Å². The number of esters is 1. The van der Waals surface area contributed by atoms with Gasteiger partial charge in [0, 0.05) is 22.8 Å². The van der Waals surface area contributed by atoms with Crippen molar-refractivity contribution in [2.24, 2.45) is 5.73 Å². The SMILES string of the molecule is CCOC(=O)Cc1ncc(CN)c(C(F)F)c1Br. The van der Waals surface area contributed by atoms with E-state index in [1.807, 2.05) is 0 Å². The third kappa shape index (κ3) is 3.46. The Hall–Kier alpha value is -1.08. The fourth-order valence-corrected chi connectivity index (χ4v) is 2.12. The van der Waals surface area contributed by atoms with Crippen molar-refractivity contribution in [1.29, 1.82) is 0 Å². The number of nitrogens with zero attached hydrogens (tertiary/aromatic N) is 1. The Kier molecular flexibility index (Phi) is 5.61. The first kappa shape index (κ1) is 15.0. The van der Waals surface area contributed by atoms with Crippen molar-refractivity contribution in [2.75, 3.05) is 6.61 Å². The zero-order valence-corrected chi connectivity index (χ0v) is 11.3. The van der Waals surface area contributed by atoms with Crippen LogP contribution in [0.25, 0.3) is 0 Å². The number of carbonyl (C=O) groups excluding carboxylic acids is 1. The molecule has 0 aliphatic heterocycles. The number of aromatic nitrogens is 1. The number of alkyl halides is 2. The summed E-state index contributed by atoms with van der Waals surface area (Å²) in [6.07, 6.45) is -1.57. The minimum Gasteiger partial charge on any atom is -0.466 e. The van der Waals surface area contributed by atoms with E-state index in [-0.39, 0.29) is 40.9 Å². The van der Waals surface area contributed by atoms with Gasteiger partial charge in [0.15, 0.2) is 0 Å². The summed E-state index contributed by atoms with van der Waals surface area (Å²) < 4.78 is 30.7. The van der Waals surface area contributed by atoms with Crippen molar-refractivity contribution in [3.8, 4) is 0 Å². The van der Waals surface area contributed by atoms with E-state index in [4.69, 9.17) is 10.5 Å². The van der Waals surface area contributed by atoms with Crippen LogP contribution in [0.15, 0.2) is 10.7 Å². The lowest BCUT2D eigenvalue weighted by Crippen LogP contribution is -2.12. The Morgan fingerprint density at radius 2 is 2.28 bits per heavy atom. The molecule has 0 atom stereocenters. The Morgan fingerprint density at radius 1 is 1.61 bits per heavy atom. The van der Waals surface area contributed by atoms with Crippen molar-refractivity contribution >= 4 is 21.9 Å². The monoisotopic (exact) mass is 322 g/mol. The molecular formula is C11H13BrF2N2O2. The number of hydrogen-bond acceptors (Lipinski definition) is 4. The zero-order valence-electron chi connectivity index (χ0n) is 9.75. The summed E-state index contributed by atoms with van der Waals surface area (Å²) in [4.78, 5) is 15.3. The largest absolute Gasteiger partial charge is 0.466 e. The van der Waals surface area contributed by atoms with E-state index >= 15 is 0 Å². The summed E-state index contributed by atoms with van der Waals surface area (Å²) in [6, 6.07) is 0. The number of halogens is 3. The highest BCUT2D eigenvalue weighted by atomic mass is 79.9. The topological polar surface area (TPSA) is 65.2 Å². The molecule has 0 aromatic carbocycles. The molecule has 0 fully saturated rings. The standard InChI is InChI=1S/C11H13BrF2N2O2/c1-2-18-8(17)3-7-10(12)9(11(13)14)6(4-15)5-16-7/h5,11H,2-4,15H2,1H3. The molecule has 1 aromatic rings. The third-order valence-corrected chi connectivity index (χ3v) is 3.15. The summed E-state index contributed by atoms with van der Waals surface area (Å²) in [5.74, 6) is -0.508. The second-order valence-electron chi connectivity index (χ2n) is 3.44. The molecule has 0 aliphatic carbocycles. The van der Waals surface area contributed by atoms with Crippen molar-refractivity contribution in [2.45, 2.75) is 26.3 Å². The quantitative estimate of drug-likeness (QED) is 0.845. The molecule has 0 saturated carbocycles. The van der Waals surface area contributed by atoms with E-state index in [1.165, 1.54) is 6.20 Å². The first-order valence-electron chi connectivity index (χ1n) is 5.31. The van der Waals surface area contributed by atoms with Crippen LogP contribution >= 0.6 is 15.9 Å². The number of hydrogen-bond donors (Lipinski definition) is 1. The predicted octanol–water partition coefficient (Wildman–Crippen LogP) is 2.35. The Bertz CT molecular complexity index is 441. The summed E-state index contributed by atoms with van der Waals surface area (Å²) in [5.41, 5.74) is 5.63. The van der Waals surface area contributed by atoms with Crippen molar-refractivity contribution in [1.82, 2.24) is 4.98 Å². The van der Waals surface area contributed by atoms with Crippen LogP contribution in [0.5, 0.6) is 0 Å². The molecule has 2 N–H and O–H groups in total. The van der Waals surface area contributed by atoms with Gasteiger partial charge < -0.3 is 10.5 Å². The first-order valence-corrected chi connectivity index (χ1v) is 6.10. The number of ether oxygens (including phenoxy) is 1.